The van der Waals surface area contributed by atoms with E-state index in [-0.39, 0.29) is 0 Å². The molecule has 0 unspecified atom stereocenters. The van der Waals surface area contributed by atoms with Gasteiger partial charge in [0.2, 0.25) is 0 Å². The van der Waals surface area contributed by atoms with Gasteiger partial charge in [-0.3, -0.25) is 0 Å². The van der Waals surface area contributed by atoms with Crippen molar-refractivity contribution in [2.45, 2.75) is 5.41 Å². The molecule has 0 saturated heterocycles. The van der Waals surface area contributed by atoms with Crippen LogP contribution in [0.4, 0.5) is 17.1 Å². The quantitative estimate of drug-likeness (QED) is 0.147. The standard InChI is InChI=1S/C73H48N2/c1-4-23-49(24-5-1)54-29-10-11-32-59(54)70-55(50-25-6-2-7-26-50)35-20-42-67(70)75(53-47-45-51(46-48-53)56-36-21-43-68-71(56)61-34-15-19-41-66(61)74(68)52-27-8-3-9-28-52)69-44-22-40-65-72(69)60-33-14-18-39-64(60)73(65)62-37-16-12-30-57(62)58-31-13-17-38-63(58)73/h1-48H. The lowest BCUT2D eigenvalue weighted by Crippen LogP contribution is -2.26. The van der Waals surface area contributed by atoms with Crippen molar-refractivity contribution < 1.29 is 0 Å². The van der Waals surface area contributed by atoms with E-state index in [1.807, 2.05) is 0 Å². The van der Waals surface area contributed by atoms with Crippen molar-refractivity contribution in [2.24, 2.45) is 0 Å². The Morgan fingerprint density at radius 3 is 1.39 bits per heavy atom. The minimum atomic E-state index is -0.503. The van der Waals surface area contributed by atoms with E-state index in [2.05, 4.69) is 301 Å². The zero-order chi connectivity index (χ0) is 49.5. The number of benzene rings is 12. The van der Waals surface area contributed by atoms with E-state index in [1.54, 1.807) is 0 Å². The molecule has 2 aliphatic rings. The molecule has 0 fully saturated rings. The lowest BCUT2D eigenvalue weighted by atomic mass is 9.70. The van der Waals surface area contributed by atoms with E-state index in [0.717, 1.165) is 33.9 Å². The van der Waals surface area contributed by atoms with Gasteiger partial charge >= 0.3 is 0 Å². The summed E-state index contributed by atoms with van der Waals surface area (Å²) in [6, 6.07) is 108. The van der Waals surface area contributed by atoms with Gasteiger partial charge in [-0.2, -0.15) is 0 Å². The zero-order valence-corrected chi connectivity index (χ0v) is 41.1. The Bertz CT molecular complexity index is 4290. The smallest absolute Gasteiger partial charge is 0.0726 e. The van der Waals surface area contributed by atoms with E-state index >= 15 is 0 Å². The van der Waals surface area contributed by atoms with Crippen molar-refractivity contribution in [1.29, 1.82) is 0 Å². The van der Waals surface area contributed by atoms with Gasteiger partial charge in [0.05, 0.1) is 27.8 Å². The van der Waals surface area contributed by atoms with Crippen LogP contribution in [0.3, 0.4) is 0 Å². The maximum atomic E-state index is 2.57. The van der Waals surface area contributed by atoms with Crippen LogP contribution >= 0.6 is 0 Å². The van der Waals surface area contributed by atoms with Crippen LogP contribution in [0.2, 0.25) is 0 Å². The lowest BCUT2D eigenvalue weighted by Gasteiger charge is -2.33. The molecular weight excluding hydrogens is 905 g/mol. The van der Waals surface area contributed by atoms with E-state index in [4.69, 9.17) is 0 Å². The van der Waals surface area contributed by atoms with E-state index in [9.17, 15) is 0 Å². The number of aromatic nitrogens is 1. The first-order valence-electron chi connectivity index (χ1n) is 26.0. The third kappa shape index (κ3) is 6.40. The van der Waals surface area contributed by atoms with Crippen molar-refractivity contribution in [3.05, 3.63) is 313 Å². The summed E-state index contributed by atoms with van der Waals surface area (Å²) < 4.78 is 2.40. The molecule has 1 heterocycles. The van der Waals surface area contributed by atoms with Crippen LogP contribution in [-0.4, -0.2) is 4.57 Å². The summed E-state index contributed by atoms with van der Waals surface area (Å²) >= 11 is 0. The first-order chi connectivity index (χ1) is 37.3. The third-order valence-electron chi connectivity index (χ3n) is 16.0. The largest absolute Gasteiger partial charge is 0.309 e. The highest BCUT2D eigenvalue weighted by Crippen LogP contribution is 2.65. The van der Waals surface area contributed by atoms with Crippen molar-refractivity contribution in [3.63, 3.8) is 0 Å². The second-order valence-electron chi connectivity index (χ2n) is 19.8. The van der Waals surface area contributed by atoms with Gasteiger partial charge in [0.15, 0.2) is 0 Å². The van der Waals surface area contributed by atoms with Crippen LogP contribution in [-0.2, 0) is 5.41 Å². The zero-order valence-electron chi connectivity index (χ0n) is 41.1. The Labute approximate surface area is 437 Å². The van der Waals surface area contributed by atoms with Crippen molar-refractivity contribution in [1.82, 2.24) is 4.57 Å². The highest BCUT2D eigenvalue weighted by atomic mass is 15.1. The molecule has 0 radical (unpaired) electrons. The molecule has 350 valence electrons. The van der Waals surface area contributed by atoms with Gasteiger partial charge in [-0.15, -0.1) is 0 Å². The van der Waals surface area contributed by atoms with Gasteiger partial charge in [-0.25, -0.2) is 0 Å². The summed E-state index contributed by atoms with van der Waals surface area (Å²) in [4.78, 5) is 2.57. The summed E-state index contributed by atoms with van der Waals surface area (Å²) in [5.41, 5.74) is 26.1. The van der Waals surface area contributed by atoms with Crippen LogP contribution in [0, 0.1) is 0 Å². The van der Waals surface area contributed by atoms with Crippen LogP contribution in [0.1, 0.15) is 22.3 Å². The highest BCUT2D eigenvalue weighted by Gasteiger charge is 2.52. The Balaban J connectivity index is 1.02. The minimum Gasteiger partial charge on any atom is -0.309 e. The SMILES string of the molecule is c1ccc(-c2ccccc2-c2c(-c3ccccc3)cccc2N(c2ccc(-c3cccc4c3c3ccccc3n4-c3ccccc3)cc2)c2cccc3c2-c2ccccc2C32c3ccccc3-c3ccccc32)cc1. The molecule has 0 saturated carbocycles. The number of rotatable bonds is 8. The summed E-state index contributed by atoms with van der Waals surface area (Å²) in [6.07, 6.45) is 0. The molecule has 13 aromatic rings. The predicted octanol–water partition coefficient (Wildman–Crippen LogP) is 19.3. The second-order valence-corrected chi connectivity index (χ2v) is 19.8. The molecule has 2 heteroatoms. The summed E-state index contributed by atoms with van der Waals surface area (Å²) in [5.74, 6) is 0. The van der Waals surface area contributed by atoms with Gasteiger partial charge in [0, 0.05) is 33.3 Å². The normalized spacial score (nSPS) is 12.6. The molecule has 1 aromatic heterocycles. The number of fused-ring (bicyclic) bond motifs is 13. The van der Waals surface area contributed by atoms with Crippen LogP contribution in [0.25, 0.3) is 94.3 Å². The molecule has 0 N–H and O–H groups in total. The van der Waals surface area contributed by atoms with Gasteiger partial charge in [0.25, 0.3) is 0 Å². The fourth-order valence-electron chi connectivity index (χ4n) is 13.1. The number of hydrogen-bond acceptors (Lipinski definition) is 1. The topological polar surface area (TPSA) is 8.17 Å². The number of anilines is 3. The summed E-state index contributed by atoms with van der Waals surface area (Å²) in [7, 11) is 0. The Hall–Kier alpha value is -9.76. The first kappa shape index (κ1) is 42.9. The average Bonchev–Trinajstić information content (AvgIpc) is 4.30. The second kappa shape index (κ2) is 17.2. The maximum Gasteiger partial charge on any atom is 0.0726 e. The highest BCUT2D eigenvalue weighted by molar-refractivity contribution is 6.16. The molecule has 12 aromatic carbocycles. The maximum absolute atomic E-state index is 2.57. The molecule has 75 heavy (non-hydrogen) atoms. The molecule has 15 rings (SSSR count). The fraction of sp³-hybridized carbons (Fsp3) is 0.0137. The molecule has 0 aliphatic heterocycles. The van der Waals surface area contributed by atoms with Crippen molar-refractivity contribution >= 4 is 38.9 Å². The number of hydrogen-bond donors (Lipinski definition) is 0. The Morgan fingerprint density at radius 1 is 0.267 bits per heavy atom. The summed E-state index contributed by atoms with van der Waals surface area (Å²) in [5, 5.41) is 2.48. The van der Waals surface area contributed by atoms with Crippen LogP contribution in [0.5, 0.6) is 0 Å². The molecule has 1 spiro atoms. The van der Waals surface area contributed by atoms with Gasteiger partial charge in [-0.05, 0) is 126 Å². The average molecular weight is 953 g/mol. The molecule has 2 nitrogen and oxygen atoms in total. The number of para-hydroxylation sites is 2. The molecule has 0 atom stereocenters. The van der Waals surface area contributed by atoms with Gasteiger partial charge < -0.3 is 9.47 Å². The number of nitrogens with zero attached hydrogens (tertiary/aromatic N) is 2. The lowest BCUT2D eigenvalue weighted by molar-refractivity contribution is 0.794. The monoisotopic (exact) mass is 952 g/mol. The van der Waals surface area contributed by atoms with Crippen molar-refractivity contribution in [3.8, 4) is 72.4 Å². The Kier molecular flexibility index (Phi) is 9.83. The van der Waals surface area contributed by atoms with E-state index < -0.39 is 5.41 Å². The van der Waals surface area contributed by atoms with Crippen LogP contribution < -0.4 is 4.90 Å². The van der Waals surface area contributed by atoms with E-state index in [0.29, 0.717) is 0 Å². The fourth-order valence-corrected chi connectivity index (χ4v) is 13.1. The van der Waals surface area contributed by atoms with Gasteiger partial charge in [0.1, 0.15) is 0 Å². The molecule has 0 amide bonds. The third-order valence-corrected chi connectivity index (χ3v) is 16.0. The van der Waals surface area contributed by atoms with Crippen LogP contribution in [0.15, 0.2) is 291 Å². The van der Waals surface area contributed by atoms with Crippen molar-refractivity contribution in [2.75, 3.05) is 4.90 Å². The summed E-state index contributed by atoms with van der Waals surface area (Å²) in [6.45, 7) is 0. The minimum absolute atomic E-state index is 0.503. The molecular formula is C73H48N2. The van der Waals surface area contributed by atoms with Gasteiger partial charge in [-0.1, -0.05) is 243 Å². The first-order valence-corrected chi connectivity index (χ1v) is 26.0. The molecule has 2 aliphatic carbocycles. The van der Waals surface area contributed by atoms with E-state index in [1.165, 1.54) is 99.7 Å². The molecule has 0 bridgehead atoms. The predicted molar refractivity (Wildman–Crippen MR) is 314 cm³/mol. The Morgan fingerprint density at radius 2 is 0.707 bits per heavy atom.